The second-order valence-corrected chi connectivity index (χ2v) is 7.39. The van der Waals surface area contributed by atoms with Gasteiger partial charge in [-0.05, 0) is 64.1 Å². The van der Waals surface area contributed by atoms with Crippen LogP contribution in [0.25, 0.3) is 17.1 Å². The molecule has 0 saturated heterocycles. The van der Waals surface area contributed by atoms with Gasteiger partial charge < -0.3 is 18.6 Å². The Hall–Kier alpha value is -4.14. The number of carbonyl (C=O) groups is 1. The molecule has 0 bridgehead atoms. The molecule has 0 atom stereocenters. The van der Waals surface area contributed by atoms with Gasteiger partial charge in [-0.3, -0.25) is 0 Å². The van der Waals surface area contributed by atoms with Gasteiger partial charge in [-0.1, -0.05) is 17.3 Å². The summed E-state index contributed by atoms with van der Waals surface area (Å²) in [5.41, 5.74) is 2.72. The molecule has 34 heavy (non-hydrogen) atoms. The van der Waals surface area contributed by atoms with Crippen LogP contribution >= 0.6 is 0 Å². The van der Waals surface area contributed by atoms with Crippen LogP contribution in [0.4, 0.5) is 0 Å². The number of para-hydroxylation sites is 1. The molecule has 2 heterocycles. The average molecular weight is 463 g/mol. The molecule has 0 saturated carbocycles. The van der Waals surface area contributed by atoms with Gasteiger partial charge in [-0.15, -0.1) is 5.10 Å². The molecule has 9 nitrogen and oxygen atoms in total. The van der Waals surface area contributed by atoms with Crippen LogP contribution in [0.1, 0.15) is 41.5 Å². The lowest BCUT2D eigenvalue weighted by Gasteiger charge is -2.06. The van der Waals surface area contributed by atoms with E-state index in [2.05, 4.69) is 15.3 Å². The minimum atomic E-state index is -0.589. The van der Waals surface area contributed by atoms with Crippen LogP contribution in [0.3, 0.4) is 0 Å². The van der Waals surface area contributed by atoms with Gasteiger partial charge in [0, 0.05) is 0 Å². The predicted octanol–water partition coefficient (Wildman–Crippen LogP) is 4.69. The van der Waals surface area contributed by atoms with E-state index in [-0.39, 0.29) is 12.3 Å². The maximum Gasteiger partial charge on any atom is 0.361 e. The number of aryl methyl sites for hydroxylation is 1. The second-order valence-electron chi connectivity index (χ2n) is 7.39. The Balaban J connectivity index is 1.47. The first-order valence-corrected chi connectivity index (χ1v) is 11.0. The first kappa shape index (κ1) is 23.0. The van der Waals surface area contributed by atoms with E-state index in [4.69, 9.17) is 18.6 Å². The normalized spacial score (nSPS) is 10.8. The molecule has 0 aliphatic rings. The first-order valence-electron chi connectivity index (χ1n) is 11.0. The van der Waals surface area contributed by atoms with Crippen molar-refractivity contribution in [1.82, 2.24) is 20.0 Å². The summed E-state index contributed by atoms with van der Waals surface area (Å²) < 4.78 is 24.0. The highest BCUT2D eigenvalue weighted by Crippen LogP contribution is 2.30. The lowest BCUT2D eigenvalue weighted by molar-refractivity contribution is 0.0459. The summed E-state index contributed by atoms with van der Waals surface area (Å²) >= 11 is 0. The van der Waals surface area contributed by atoms with Crippen LogP contribution in [-0.4, -0.2) is 39.2 Å². The van der Waals surface area contributed by atoms with Crippen molar-refractivity contribution in [1.29, 1.82) is 0 Å². The van der Waals surface area contributed by atoms with E-state index >= 15 is 0 Å². The lowest BCUT2D eigenvalue weighted by Crippen LogP contribution is -2.09. The molecule has 2 aromatic heterocycles. The maximum atomic E-state index is 12.7. The summed E-state index contributed by atoms with van der Waals surface area (Å²) in [6.45, 7) is 8.43. The molecule has 0 spiro atoms. The van der Waals surface area contributed by atoms with E-state index in [1.165, 1.54) is 0 Å². The molecule has 0 radical (unpaired) electrons. The van der Waals surface area contributed by atoms with Crippen molar-refractivity contribution in [3.63, 3.8) is 0 Å². The molecule has 0 aliphatic heterocycles. The Labute approximate surface area is 197 Å². The number of nitrogens with zero attached hydrogens (tertiary/aromatic N) is 4. The van der Waals surface area contributed by atoms with Crippen LogP contribution in [0.2, 0.25) is 0 Å². The van der Waals surface area contributed by atoms with Crippen molar-refractivity contribution in [2.45, 2.75) is 34.3 Å². The molecular weight excluding hydrogens is 436 g/mol. The Bertz CT molecular complexity index is 1280. The molecule has 2 aromatic carbocycles. The zero-order chi connectivity index (χ0) is 24.1. The molecule has 0 aliphatic carbocycles. The number of hydrogen-bond donors (Lipinski definition) is 0. The summed E-state index contributed by atoms with van der Waals surface area (Å²) in [6, 6.07) is 14.9. The molecule has 0 amide bonds. The van der Waals surface area contributed by atoms with Crippen LogP contribution < -0.4 is 9.47 Å². The van der Waals surface area contributed by atoms with Crippen LogP contribution in [0, 0.1) is 13.8 Å². The standard InChI is InChI=1S/C25H26N4O5/c1-5-31-19-13-11-18(12-14-19)29-16(3)23(27-28-29)25(30)33-15-21-17(4)34-24(26-21)20-9-7-8-10-22(20)32-6-2/h7-14H,5-6,15H2,1-4H3. The highest BCUT2D eigenvalue weighted by Gasteiger charge is 2.21. The summed E-state index contributed by atoms with van der Waals surface area (Å²) in [5.74, 6) is 1.81. The van der Waals surface area contributed by atoms with Gasteiger partial charge in [0.2, 0.25) is 5.89 Å². The minimum absolute atomic E-state index is 0.0552. The van der Waals surface area contributed by atoms with Crippen molar-refractivity contribution < 1.29 is 23.4 Å². The lowest BCUT2D eigenvalue weighted by atomic mass is 10.2. The molecular formula is C25H26N4O5. The van der Waals surface area contributed by atoms with Crippen molar-refractivity contribution in [2.24, 2.45) is 0 Å². The third-order valence-electron chi connectivity index (χ3n) is 5.13. The fourth-order valence-electron chi connectivity index (χ4n) is 3.42. The van der Waals surface area contributed by atoms with E-state index in [0.717, 1.165) is 17.0 Å². The highest BCUT2D eigenvalue weighted by atomic mass is 16.5. The summed E-state index contributed by atoms with van der Waals surface area (Å²) in [4.78, 5) is 17.2. The topological polar surface area (TPSA) is 102 Å². The second kappa shape index (κ2) is 10.2. The molecule has 4 aromatic rings. The zero-order valence-corrected chi connectivity index (χ0v) is 19.6. The molecule has 0 fully saturated rings. The van der Waals surface area contributed by atoms with Crippen LogP contribution in [0.15, 0.2) is 52.9 Å². The van der Waals surface area contributed by atoms with Gasteiger partial charge in [0.1, 0.15) is 29.6 Å². The van der Waals surface area contributed by atoms with Crippen molar-refractivity contribution in [3.8, 4) is 28.6 Å². The number of esters is 1. The quantitative estimate of drug-likeness (QED) is 0.330. The smallest absolute Gasteiger partial charge is 0.361 e. The van der Waals surface area contributed by atoms with Crippen LogP contribution in [0.5, 0.6) is 11.5 Å². The van der Waals surface area contributed by atoms with E-state index in [0.29, 0.717) is 42.0 Å². The Morgan fingerprint density at radius 1 is 1.00 bits per heavy atom. The first-order chi connectivity index (χ1) is 16.5. The third-order valence-corrected chi connectivity index (χ3v) is 5.13. The number of ether oxygens (including phenoxy) is 3. The molecule has 0 unspecified atom stereocenters. The average Bonchev–Trinajstić information content (AvgIpc) is 3.41. The van der Waals surface area contributed by atoms with E-state index < -0.39 is 5.97 Å². The number of rotatable bonds is 9. The number of hydrogen-bond acceptors (Lipinski definition) is 8. The van der Waals surface area contributed by atoms with Gasteiger partial charge in [0.15, 0.2) is 5.69 Å². The van der Waals surface area contributed by atoms with Crippen molar-refractivity contribution >= 4 is 5.97 Å². The maximum absolute atomic E-state index is 12.7. The number of aromatic nitrogens is 4. The molecule has 4 rings (SSSR count). The highest BCUT2D eigenvalue weighted by molar-refractivity contribution is 5.88. The Kier molecular flexibility index (Phi) is 6.91. The molecule has 9 heteroatoms. The number of oxazole rings is 1. The monoisotopic (exact) mass is 462 g/mol. The molecule has 176 valence electrons. The Morgan fingerprint density at radius 3 is 2.47 bits per heavy atom. The predicted molar refractivity (Wildman–Crippen MR) is 124 cm³/mol. The third kappa shape index (κ3) is 4.78. The van der Waals surface area contributed by atoms with Gasteiger partial charge in [0.05, 0.1) is 30.2 Å². The fourth-order valence-corrected chi connectivity index (χ4v) is 3.42. The van der Waals surface area contributed by atoms with E-state index in [9.17, 15) is 4.79 Å². The SMILES string of the molecule is CCOc1ccc(-n2nnc(C(=O)OCc3nc(-c4ccccc4OCC)oc3C)c2C)cc1. The van der Waals surface area contributed by atoms with Gasteiger partial charge >= 0.3 is 5.97 Å². The van der Waals surface area contributed by atoms with E-state index in [1.807, 2.05) is 62.4 Å². The summed E-state index contributed by atoms with van der Waals surface area (Å²) in [6.07, 6.45) is 0. The summed E-state index contributed by atoms with van der Waals surface area (Å²) in [7, 11) is 0. The zero-order valence-electron chi connectivity index (χ0n) is 19.6. The van der Waals surface area contributed by atoms with E-state index in [1.54, 1.807) is 18.5 Å². The van der Waals surface area contributed by atoms with Crippen LogP contribution in [-0.2, 0) is 11.3 Å². The van der Waals surface area contributed by atoms with Crippen molar-refractivity contribution in [2.75, 3.05) is 13.2 Å². The van der Waals surface area contributed by atoms with Gasteiger partial charge in [-0.2, -0.15) is 0 Å². The largest absolute Gasteiger partial charge is 0.494 e. The van der Waals surface area contributed by atoms with Gasteiger partial charge in [0.25, 0.3) is 0 Å². The Morgan fingerprint density at radius 2 is 1.74 bits per heavy atom. The fraction of sp³-hybridized carbons (Fsp3) is 0.280. The molecule has 0 N–H and O–H groups in total. The van der Waals surface area contributed by atoms with Crippen molar-refractivity contribution in [3.05, 3.63) is 71.4 Å². The number of benzene rings is 2. The number of carbonyl (C=O) groups excluding carboxylic acids is 1. The van der Waals surface area contributed by atoms with Gasteiger partial charge in [-0.25, -0.2) is 14.5 Å². The summed E-state index contributed by atoms with van der Waals surface area (Å²) in [5, 5.41) is 8.12. The minimum Gasteiger partial charge on any atom is -0.494 e.